The molecular formula is C12H16FN. The van der Waals surface area contributed by atoms with Crippen LogP contribution in [0.2, 0.25) is 0 Å². The van der Waals surface area contributed by atoms with E-state index in [2.05, 4.69) is 11.4 Å². The van der Waals surface area contributed by atoms with E-state index in [9.17, 15) is 4.39 Å². The molecule has 0 saturated heterocycles. The Kier molecular flexibility index (Phi) is 4.33. The van der Waals surface area contributed by atoms with E-state index >= 15 is 0 Å². The van der Waals surface area contributed by atoms with Gasteiger partial charge in [0.15, 0.2) is 0 Å². The maximum Gasteiger partial charge on any atom is 0.123 e. The van der Waals surface area contributed by atoms with Crippen LogP contribution >= 0.6 is 0 Å². The second-order valence-corrected chi connectivity index (χ2v) is 3.30. The number of nitrogens with one attached hydrogen (secondary N) is 1. The summed E-state index contributed by atoms with van der Waals surface area (Å²) in [5.41, 5.74) is 2.06. The molecule has 0 fully saturated rings. The van der Waals surface area contributed by atoms with E-state index in [1.54, 1.807) is 12.1 Å². The number of benzene rings is 1. The highest BCUT2D eigenvalue weighted by Crippen LogP contribution is 2.11. The van der Waals surface area contributed by atoms with E-state index in [0.29, 0.717) is 0 Å². The summed E-state index contributed by atoms with van der Waals surface area (Å²) in [6.45, 7) is 2.93. The molecular weight excluding hydrogens is 177 g/mol. The molecule has 0 aliphatic carbocycles. The molecule has 0 aliphatic heterocycles. The molecule has 76 valence electrons. The van der Waals surface area contributed by atoms with Crippen LogP contribution in [0.5, 0.6) is 0 Å². The Hall–Kier alpha value is -1.15. The largest absolute Gasteiger partial charge is 0.319 e. The van der Waals surface area contributed by atoms with Gasteiger partial charge in [-0.1, -0.05) is 18.2 Å². The third-order valence-electron chi connectivity index (χ3n) is 2.10. The first kappa shape index (κ1) is 10.9. The van der Waals surface area contributed by atoms with Crippen molar-refractivity contribution >= 4 is 6.08 Å². The molecule has 1 nitrogen and oxygen atoms in total. The lowest BCUT2D eigenvalue weighted by Gasteiger charge is -1.99. The van der Waals surface area contributed by atoms with E-state index in [-0.39, 0.29) is 5.82 Å². The van der Waals surface area contributed by atoms with Crippen LogP contribution in [0.25, 0.3) is 6.08 Å². The van der Waals surface area contributed by atoms with Crippen molar-refractivity contribution in [2.75, 3.05) is 13.6 Å². The Balaban J connectivity index is 2.65. The monoisotopic (exact) mass is 193 g/mol. The van der Waals surface area contributed by atoms with Gasteiger partial charge in [0.05, 0.1) is 0 Å². The summed E-state index contributed by atoms with van der Waals surface area (Å²) in [6.07, 6.45) is 4.99. The van der Waals surface area contributed by atoms with Gasteiger partial charge in [-0.25, -0.2) is 4.39 Å². The third kappa shape index (κ3) is 3.30. The fourth-order valence-electron chi connectivity index (χ4n) is 1.23. The molecule has 0 aromatic heterocycles. The summed E-state index contributed by atoms with van der Waals surface area (Å²) in [5.74, 6) is -0.177. The lowest BCUT2D eigenvalue weighted by molar-refractivity contribution is 0.627. The van der Waals surface area contributed by atoms with Gasteiger partial charge in [-0.3, -0.25) is 0 Å². The average Bonchev–Trinajstić information content (AvgIpc) is 2.18. The van der Waals surface area contributed by atoms with E-state index < -0.39 is 0 Å². The molecule has 1 N–H and O–H groups in total. The first-order valence-electron chi connectivity index (χ1n) is 4.81. The molecule has 0 amide bonds. The second-order valence-electron chi connectivity index (χ2n) is 3.30. The number of aryl methyl sites for hydroxylation is 1. The molecule has 0 atom stereocenters. The van der Waals surface area contributed by atoms with Crippen molar-refractivity contribution in [1.29, 1.82) is 0 Å². The normalized spacial score (nSPS) is 11.1. The molecule has 1 rings (SSSR count). The lowest BCUT2D eigenvalue weighted by Crippen LogP contribution is -2.05. The molecule has 0 saturated carbocycles. The van der Waals surface area contributed by atoms with Crippen LogP contribution in [0.4, 0.5) is 4.39 Å². The topological polar surface area (TPSA) is 12.0 Å². The van der Waals surface area contributed by atoms with Crippen molar-refractivity contribution in [2.45, 2.75) is 13.3 Å². The van der Waals surface area contributed by atoms with Gasteiger partial charge in [0, 0.05) is 0 Å². The highest BCUT2D eigenvalue weighted by molar-refractivity contribution is 5.53. The van der Waals surface area contributed by atoms with Gasteiger partial charge in [0.1, 0.15) is 5.82 Å². The van der Waals surface area contributed by atoms with Crippen molar-refractivity contribution in [2.24, 2.45) is 0 Å². The molecule has 0 heterocycles. The van der Waals surface area contributed by atoms with E-state index in [1.807, 2.05) is 20.0 Å². The molecule has 0 radical (unpaired) electrons. The Morgan fingerprint density at radius 3 is 2.93 bits per heavy atom. The van der Waals surface area contributed by atoms with Gasteiger partial charge in [-0.15, -0.1) is 0 Å². The zero-order valence-corrected chi connectivity index (χ0v) is 8.68. The predicted molar refractivity (Wildman–Crippen MR) is 58.7 cm³/mol. The minimum atomic E-state index is -0.177. The summed E-state index contributed by atoms with van der Waals surface area (Å²) in [5, 5.41) is 3.05. The summed E-state index contributed by atoms with van der Waals surface area (Å²) in [4.78, 5) is 0. The second kappa shape index (κ2) is 5.55. The number of hydrogen-bond donors (Lipinski definition) is 1. The standard InChI is InChI=1S/C12H16FN/c1-10-6-7-12(13)9-11(10)5-3-4-8-14-2/h3,5-7,9,14H,4,8H2,1-2H3. The van der Waals surface area contributed by atoms with Crippen LogP contribution in [0, 0.1) is 12.7 Å². The molecule has 0 unspecified atom stereocenters. The Morgan fingerprint density at radius 2 is 2.21 bits per heavy atom. The van der Waals surface area contributed by atoms with E-state index in [0.717, 1.165) is 24.1 Å². The van der Waals surface area contributed by atoms with Gasteiger partial charge in [0.2, 0.25) is 0 Å². The number of hydrogen-bond acceptors (Lipinski definition) is 1. The van der Waals surface area contributed by atoms with Crippen molar-refractivity contribution in [3.63, 3.8) is 0 Å². The highest BCUT2D eigenvalue weighted by Gasteiger charge is 1.95. The van der Waals surface area contributed by atoms with Crippen LogP contribution in [0.15, 0.2) is 24.3 Å². The van der Waals surface area contributed by atoms with Gasteiger partial charge in [-0.2, -0.15) is 0 Å². The Morgan fingerprint density at radius 1 is 1.43 bits per heavy atom. The van der Waals surface area contributed by atoms with Gasteiger partial charge in [0.25, 0.3) is 0 Å². The maximum atomic E-state index is 12.9. The molecule has 0 bridgehead atoms. The molecule has 2 heteroatoms. The summed E-state index contributed by atoms with van der Waals surface area (Å²) < 4.78 is 12.9. The Bertz CT molecular complexity index is 318. The lowest BCUT2D eigenvalue weighted by atomic mass is 10.1. The quantitative estimate of drug-likeness (QED) is 0.725. The van der Waals surface area contributed by atoms with Crippen molar-refractivity contribution in [3.05, 3.63) is 41.2 Å². The number of rotatable bonds is 4. The Labute approximate surface area is 84.6 Å². The van der Waals surface area contributed by atoms with Crippen molar-refractivity contribution in [3.8, 4) is 0 Å². The summed E-state index contributed by atoms with van der Waals surface area (Å²) in [6, 6.07) is 4.85. The van der Waals surface area contributed by atoms with Crippen LogP contribution in [-0.2, 0) is 0 Å². The molecule has 14 heavy (non-hydrogen) atoms. The maximum absolute atomic E-state index is 12.9. The fraction of sp³-hybridized carbons (Fsp3) is 0.333. The SMILES string of the molecule is CNCCC=Cc1cc(F)ccc1C. The fourth-order valence-corrected chi connectivity index (χ4v) is 1.23. The van der Waals surface area contributed by atoms with Crippen LogP contribution in [0.3, 0.4) is 0 Å². The predicted octanol–water partition coefficient (Wildman–Crippen LogP) is 2.76. The zero-order valence-electron chi connectivity index (χ0n) is 8.68. The van der Waals surface area contributed by atoms with Crippen LogP contribution in [-0.4, -0.2) is 13.6 Å². The smallest absolute Gasteiger partial charge is 0.123 e. The first-order valence-corrected chi connectivity index (χ1v) is 4.81. The first-order chi connectivity index (χ1) is 6.74. The van der Waals surface area contributed by atoms with Gasteiger partial charge >= 0.3 is 0 Å². The van der Waals surface area contributed by atoms with E-state index in [4.69, 9.17) is 0 Å². The zero-order chi connectivity index (χ0) is 10.4. The van der Waals surface area contributed by atoms with Crippen molar-refractivity contribution in [1.82, 2.24) is 5.32 Å². The summed E-state index contributed by atoms with van der Waals surface area (Å²) in [7, 11) is 1.92. The minimum Gasteiger partial charge on any atom is -0.319 e. The highest BCUT2D eigenvalue weighted by atomic mass is 19.1. The van der Waals surface area contributed by atoms with E-state index in [1.165, 1.54) is 6.07 Å². The average molecular weight is 193 g/mol. The molecule has 0 aliphatic rings. The van der Waals surface area contributed by atoms with Crippen molar-refractivity contribution < 1.29 is 4.39 Å². The minimum absolute atomic E-state index is 0.177. The molecule has 1 aromatic rings. The molecule has 1 aromatic carbocycles. The molecule has 0 spiro atoms. The third-order valence-corrected chi connectivity index (χ3v) is 2.10. The summed E-state index contributed by atoms with van der Waals surface area (Å²) >= 11 is 0. The van der Waals surface area contributed by atoms with Gasteiger partial charge in [-0.05, 0) is 50.2 Å². The number of halogens is 1. The van der Waals surface area contributed by atoms with Crippen LogP contribution < -0.4 is 5.32 Å². The van der Waals surface area contributed by atoms with Gasteiger partial charge < -0.3 is 5.32 Å². The van der Waals surface area contributed by atoms with Crippen LogP contribution in [0.1, 0.15) is 17.5 Å².